The summed E-state index contributed by atoms with van der Waals surface area (Å²) in [5.74, 6) is 0.00134. The van der Waals surface area contributed by atoms with Crippen molar-refractivity contribution in [3.05, 3.63) is 57.0 Å². The summed E-state index contributed by atoms with van der Waals surface area (Å²) >= 11 is 5.91. The van der Waals surface area contributed by atoms with Gasteiger partial charge in [0.2, 0.25) is 11.7 Å². The lowest BCUT2D eigenvalue weighted by atomic mass is 9.96. The molecule has 7 nitrogen and oxygen atoms in total. The monoisotopic (exact) mass is 348 g/mol. The van der Waals surface area contributed by atoms with Crippen molar-refractivity contribution in [1.29, 1.82) is 0 Å². The van der Waals surface area contributed by atoms with Crippen LogP contribution in [-0.2, 0) is 16.8 Å². The van der Waals surface area contributed by atoms with Crippen molar-refractivity contribution < 1.29 is 9.72 Å². The number of hydrogen-bond donors (Lipinski definition) is 1. The molecule has 0 radical (unpaired) electrons. The molecule has 3 rings (SSSR count). The zero-order valence-corrected chi connectivity index (χ0v) is 13.9. The predicted molar refractivity (Wildman–Crippen MR) is 89.0 cm³/mol. The van der Waals surface area contributed by atoms with Crippen LogP contribution < -0.4 is 5.32 Å². The van der Waals surface area contributed by atoms with Gasteiger partial charge in [-0.25, -0.2) is 0 Å². The molecule has 0 atom stereocenters. The molecule has 1 aliphatic rings. The van der Waals surface area contributed by atoms with Crippen LogP contribution in [-0.4, -0.2) is 26.9 Å². The maximum atomic E-state index is 12.2. The number of nitro groups is 1. The molecule has 0 aliphatic heterocycles. The number of rotatable bonds is 6. The van der Waals surface area contributed by atoms with Gasteiger partial charge in [0.15, 0.2) is 0 Å². The first-order chi connectivity index (χ1) is 11.4. The molecule has 24 heavy (non-hydrogen) atoms. The highest BCUT2D eigenvalue weighted by molar-refractivity contribution is 6.30. The molecule has 0 bridgehead atoms. The van der Waals surface area contributed by atoms with Gasteiger partial charge in [0.05, 0.1) is 0 Å². The van der Waals surface area contributed by atoms with Crippen molar-refractivity contribution in [3.63, 3.8) is 0 Å². The summed E-state index contributed by atoms with van der Waals surface area (Å²) in [7, 11) is 0. The molecule has 8 heteroatoms. The highest BCUT2D eigenvalue weighted by Crippen LogP contribution is 2.47. The number of aryl methyl sites for hydroxylation is 1. The van der Waals surface area contributed by atoms with Gasteiger partial charge >= 0.3 is 5.82 Å². The number of carbonyl (C=O) groups excluding carboxylic acids is 1. The summed E-state index contributed by atoms with van der Waals surface area (Å²) < 4.78 is 1.48. The summed E-state index contributed by atoms with van der Waals surface area (Å²) in [5, 5.41) is 14.3. The third-order valence-corrected chi connectivity index (χ3v) is 4.65. The fraction of sp³-hybridized carbons (Fsp3) is 0.375. The molecular formula is C16H17ClN4O3. The highest BCUT2D eigenvalue weighted by atomic mass is 35.5. The second-order valence-corrected chi connectivity index (χ2v) is 6.53. The Kier molecular flexibility index (Phi) is 4.28. The lowest BCUT2D eigenvalue weighted by molar-refractivity contribution is -0.389. The Labute approximate surface area is 143 Å². The smallest absolute Gasteiger partial charge is 0.358 e. The van der Waals surface area contributed by atoms with Gasteiger partial charge in [0, 0.05) is 23.9 Å². The molecule has 1 saturated carbocycles. The summed E-state index contributed by atoms with van der Waals surface area (Å²) in [6, 6.07) is 7.69. The minimum atomic E-state index is -0.568. The number of aromatic nitrogens is 2. The minimum absolute atomic E-state index is 0.0172. The van der Waals surface area contributed by atoms with E-state index in [0.29, 0.717) is 17.4 Å². The van der Waals surface area contributed by atoms with Gasteiger partial charge in [0.25, 0.3) is 0 Å². The van der Waals surface area contributed by atoms with E-state index in [2.05, 4.69) is 10.3 Å². The van der Waals surface area contributed by atoms with Crippen molar-refractivity contribution in [2.45, 2.75) is 31.7 Å². The topological polar surface area (TPSA) is 90.1 Å². The summed E-state index contributed by atoms with van der Waals surface area (Å²) in [6.45, 7) is 2.20. The lowest BCUT2D eigenvalue weighted by Gasteiger charge is -2.17. The fourth-order valence-electron chi connectivity index (χ4n) is 2.74. The zero-order chi connectivity index (χ0) is 17.3. The number of nitrogens with one attached hydrogen (secondary N) is 1. The van der Waals surface area contributed by atoms with Crippen LogP contribution in [0, 0.1) is 17.0 Å². The number of hydrogen-bond acceptors (Lipinski definition) is 4. The molecule has 1 amide bonds. The van der Waals surface area contributed by atoms with Crippen molar-refractivity contribution in [2.75, 3.05) is 6.54 Å². The van der Waals surface area contributed by atoms with E-state index in [9.17, 15) is 14.9 Å². The Balaban J connectivity index is 1.60. The zero-order valence-electron chi connectivity index (χ0n) is 13.2. The predicted octanol–water partition coefficient (Wildman–Crippen LogP) is 2.60. The van der Waals surface area contributed by atoms with Crippen molar-refractivity contribution in [3.8, 4) is 0 Å². The van der Waals surface area contributed by atoms with E-state index in [1.54, 1.807) is 6.92 Å². The third-order valence-electron chi connectivity index (χ3n) is 4.40. The number of nitrogens with zero attached hydrogens (tertiary/aromatic N) is 3. The van der Waals surface area contributed by atoms with Crippen LogP contribution in [0.5, 0.6) is 0 Å². The van der Waals surface area contributed by atoms with E-state index in [1.165, 1.54) is 16.3 Å². The second-order valence-electron chi connectivity index (χ2n) is 6.10. The van der Waals surface area contributed by atoms with Gasteiger partial charge in [-0.05, 0) is 40.4 Å². The van der Waals surface area contributed by atoms with Gasteiger partial charge < -0.3 is 15.4 Å². The number of amides is 1. The Morgan fingerprint density at radius 2 is 2.08 bits per heavy atom. The van der Waals surface area contributed by atoms with E-state index < -0.39 is 4.92 Å². The normalized spacial score (nSPS) is 15.1. The van der Waals surface area contributed by atoms with Crippen LogP contribution in [0.4, 0.5) is 5.82 Å². The number of halogens is 1. The van der Waals surface area contributed by atoms with Gasteiger partial charge in [-0.3, -0.25) is 9.36 Å². The van der Waals surface area contributed by atoms with Crippen molar-refractivity contribution >= 4 is 23.3 Å². The molecule has 1 heterocycles. The average Bonchev–Trinajstić information content (AvgIpc) is 3.24. The molecule has 2 aromatic rings. The van der Waals surface area contributed by atoms with E-state index in [4.69, 9.17) is 11.6 Å². The first kappa shape index (κ1) is 16.4. The summed E-state index contributed by atoms with van der Waals surface area (Å²) in [6.07, 6.45) is 3.32. The first-order valence-corrected chi connectivity index (χ1v) is 7.98. The maximum Gasteiger partial charge on any atom is 0.381 e. The van der Waals surface area contributed by atoms with Crippen LogP contribution in [0.2, 0.25) is 5.02 Å². The molecule has 1 N–H and O–H groups in total. The molecule has 1 aromatic carbocycles. The van der Waals surface area contributed by atoms with Gasteiger partial charge in [0.1, 0.15) is 12.7 Å². The quantitative estimate of drug-likeness (QED) is 0.641. The Hall–Kier alpha value is -2.41. The molecular weight excluding hydrogens is 332 g/mol. The fourth-order valence-corrected chi connectivity index (χ4v) is 2.87. The number of imidazole rings is 1. The molecule has 0 saturated heterocycles. The summed E-state index contributed by atoms with van der Waals surface area (Å²) in [5.41, 5.74) is 1.15. The molecule has 0 unspecified atom stereocenters. The molecule has 0 spiro atoms. The van der Waals surface area contributed by atoms with Crippen LogP contribution in [0.3, 0.4) is 0 Å². The van der Waals surface area contributed by atoms with E-state index in [1.807, 2.05) is 24.3 Å². The largest absolute Gasteiger partial charge is 0.381 e. The van der Waals surface area contributed by atoms with E-state index >= 15 is 0 Å². The van der Waals surface area contributed by atoms with Crippen LogP contribution >= 0.6 is 11.6 Å². The molecule has 1 aliphatic carbocycles. The van der Waals surface area contributed by atoms with Crippen LogP contribution in [0.15, 0.2) is 30.5 Å². The Morgan fingerprint density at radius 3 is 2.62 bits per heavy atom. The van der Waals surface area contributed by atoms with Gasteiger partial charge in [-0.2, -0.15) is 0 Å². The minimum Gasteiger partial charge on any atom is -0.358 e. The van der Waals surface area contributed by atoms with Crippen molar-refractivity contribution in [1.82, 2.24) is 14.9 Å². The van der Waals surface area contributed by atoms with Crippen LogP contribution in [0.25, 0.3) is 0 Å². The Bertz CT molecular complexity index is 781. The maximum absolute atomic E-state index is 12.2. The van der Waals surface area contributed by atoms with E-state index in [-0.39, 0.29) is 23.7 Å². The summed E-state index contributed by atoms with van der Waals surface area (Å²) in [4.78, 5) is 26.1. The standard InChI is InChI=1S/C16H17ClN4O3/c1-11-19-14(21(23)24)8-20(11)9-15(22)18-10-16(6-7-16)12-2-4-13(17)5-3-12/h2-5,8H,6-7,9-10H2,1H3,(H,18,22). The van der Waals surface area contributed by atoms with E-state index in [0.717, 1.165) is 12.8 Å². The Morgan fingerprint density at radius 1 is 1.42 bits per heavy atom. The molecule has 1 fully saturated rings. The highest BCUT2D eigenvalue weighted by Gasteiger charge is 2.44. The first-order valence-electron chi connectivity index (χ1n) is 7.60. The van der Waals surface area contributed by atoms with Gasteiger partial charge in [-0.1, -0.05) is 23.7 Å². The average molecular weight is 349 g/mol. The molecule has 126 valence electrons. The van der Waals surface area contributed by atoms with Gasteiger partial charge in [-0.15, -0.1) is 0 Å². The van der Waals surface area contributed by atoms with Crippen molar-refractivity contribution in [2.24, 2.45) is 0 Å². The third kappa shape index (κ3) is 3.41. The van der Waals surface area contributed by atoms with Crippen LogP contribution in [0.1, 0.15) is 24.2 Å². The molecule has 1 aromatic heterocycles. The second kappa shape index (κ2) is 6.24. The number of benzene rings is 1. The lowest BCUT2D eigenvalue weighted by Crippen LogP contribution is -2.34. The SMILES string of the molecule is Cc1nc([N+](=O)[O-])cn1CC(=O)NCC1(c2ccc(Cl)cc2)CC1. The number of carbonyl (C=O) groups is 1.